The average molecular weight is 545 g/mol. The van der Waals surface area contributed by atoms with E-state index in [2.05, 4.69) is 37.9 Å². The lowest BCUT2D eigenvalue weighted by Gasteiger charge is -2.61. The highest BCUT2D eigenvalue weighted by Crippen LogP contribution is 2.67. The van der Waals surface area contributed by atoms with Crippen LogP contribution in [0.25, 0.3) is 0 Å². The number of ketones is 1. The van der Waals surface area contributed by atoms with E-state index in [4.69, 9.17) is 4.74 Å². The first-order valence-electron chi connectivity index (χ1n) is 16.0. The molecule has 0 saturated heterocycles. The van der Waals surface area contributed by atoms with Crippen LogP contribution in [-0.4, -0.2) is 55.3 Å². The summed E-state index contributed by atoms with van der Waals surface area (Å²) in [6, 6.07) is -0.562. The summed E-state index contributed by atoms with van der Waals surface area (Å²) in [4.78, 5) is 40.4. The highest BCUT2D eigenvalue weighted by Gasteiger charge is 2.61. The van der Waals surface area contributed by atoms with E-state index in [9.17, 15) is 14.4 Å². The maximum absolute atomic E-state index is 13.3. The van der Waals surface area contributed by atoms with Crippen LogP contribution in [0.1, 0.15) is 112 Å². The third kappa shape index (κ3) is 6.41. The average Bonchev–Trinajstić information content (AvgIpc) is 3.21. The fourth-order valence-electron chi connectivity index (χ4n) is 9.75. The van der Waals surface area contributed by atoms with Gasteiger partial charge in [-0.25, -0.2) is 4.79 Å². The van der Waals surface area contributed by atoms with Crippen LogP contribution >= 0.6 is 0 Å². The lowest BCUT2D eigenvalue weighted by Crippen LogP contribution is -2.54. The third-order valence-electron chi connectivity index (χ3n) is 11.7. The Morgan fingerprint density at radius 3 is 2.31 bits per heavy atom. The van der Waals surface area contributed by atoms with Gasteiger partial charge in [0, 0.05) is 12.3 Å². The molecule has 4 aliphatic rings. The van der Waals surface area contributed by atoms with Crippen molar-refractivity contribution in [2.24, 2.45) is 46.3 Å². The number of hydrogen-bond acceptors (Lipinski definition) is 5. The number of fused-ring (bicyclic) bond motifs is 5. The van der Waals surface area contributed by atoms with E-state index in [1.165, 1.54) is 32.1 Å². The van der Waals surface area contributed by atoms with Crippen LogP contribution in [-0.2, 0) is 19.1 Å². The summed E-state index contributed by atoms with van der Waals surface area (Å²) in [6.45, 7) is 11.8. The molecule has 0 spiro atoms. The number of ether oxygens (including phenoxy) is 1. The van der Waals surface area contributed by atoms with E-state index in [-0.39, 0.29) is 29.3 Å². The minimum absolute atomic E-state index is 0.0464. The summed E-state index contributed by atoms with van der Waals surface area (Å²) >= 11 is 0. The van der Waals surface area contributed by atoms with Gasteiger partial charge >= 0.3 is 5.97 Å². The molecule has 0 aromatic rings. The van der Waals surface area contributed by atoms with Gasteiger partial charge in [-0.1, -0.05) is 27.7 Å². The minimum Gasteiger partial charge on any atom is -0.461 e. The molecule has 6 heteroatoms. The second-order valence-electron chi connectivity index (χ2n) is 14.9. The molecular formula is C33H56N2O4. The molecule has 0 unspecified atom stereocenters. The Morgan fingerprint density at radius 2 is 1.64 bits per heavy atom. The van der Waals surface area contributed by atoms with E-state index in [1.807, 2.05) is 21.0 Å². The predicted octanol–water partition coefficient (Wildman–Crippen LogP) is 6.02. The third-order valence-corrected chi connectivity index (χ3v) is 11.7. The lowest BCUT2D eigenvalue weighted by molar-refractivity contribution is -0.166. The summed E-state index contributed by atoms with van der Waals surface area (Å²) in [7, 11) is 4.00. The van der Waals surface area contributed by atoms with Crippen LogP contribution in [0.3, 0.4) is 0 Å². The minimum atomic E-state index is -0.562. The van der Waals surface area contributed by atoms with Crippen LogP contribution in [0.5, 0.6) is 0 Å². The molecule has 0 aromatic carbocycles. The fourth-order valence-corrected chi connectivity index (χ4v) is 9.75. The number of hydrogen-bond donors (Lipinski definition) is 1. The second kappa shape index (κ2) is 12.2. The van der Waals surface area contributed by atoms with E-state index in [0.717, 1.165) is 50.5 Å². The molecule has 4 rings (SSSR count). The van der Waals surface area contributed by atoms with Crippen molar-refractivity contribution >= 4 is 17.7 Å². The van der Waals surface area contributed by atoms with Gasteiger partial charge < -0.3 is 15.0 Å². The molecule has 4 aliphatic carbocycles. The number of carbonyl (C=O) groups excluding carboxylic acids is 3. The van der Waals surface area contributed by atoms with Gasteiger partial charge in [-0.2, -0.15) is 0 Å². The summed E-state index contributed by atoms with van der Waals surface area (Å²) < 4.78 is 6.15. The number of nitrogens with zero attached hydrogens (tertiary/aromatic N) is 1. The molecule has 0 radical (unpaired) electrons. The maximum Gasteiger partial charge on any atom is 0.328 e. The van der Waals surface area contributed by atoms with Gasteiger partial charge in [-0.05, 0) is 139 Å². The van der Waals surface area contributed by atoms with Gasteiger partial charge in [-0.15, -0.1) is 0 Å². The van der Waals surface area contributed by atoms with Crippen LogP contribution in [0.15, 0.2) is 0 Å². The van der Waals surface area contributed by atoms with E-state index < -0.39 is 6.04 Å². The molecule has 6 nitrogen and oxygen atoms in total. The van der Waals surface area contributed by atoms with Gasteiger partial charge in [0.2, 0.25) is 5.91 Å². The Hall–Kier alpha value is -1.43. The lowest BCUT2D eigenvalue weighted by atomic mass is 9.44. The fraction of sp³-hybridized carbons (Fsp3) is 0.909. The van der Waals surface area contributed by atoms with E-state index >= 15 is 0 Å². The Kier molecular flexibility index (Phi) is 9.55. The van der Waals surface area contributed by atoms with Crippen molar-refractivity contribution in [2.45, 2.75) is 124 Å². The number of amides is 1. The largest absolute Gasteiger partial charge is 0.461 e. The molecule has 0 aromatic heterocycles. The number of esters is 1. The van der Waals surface area contributed by atoms with Gasteiger partial charge in [0.25, 0.3) is 0 Å². The van der Waals surface area contributed by atoms with Crippen LogP contribution in [0.4, 0.5) is 0 Å². The predicted molar refractivity (Wildman–Crippen MR) is 155 cm³/mol. The summed E-state index contributed by atoms with van der Waals surface area (Å²) in [5.41, 5.74) is 0.505. The van der Waals surface area contributed by atoms with Gasteiger partial charge in [0.1, 0.15) is 17.9 Å². The van der Waals surface area contributed by atoms with Crippen LogP contribution < -0.4 is 5.32 Å². The van der Waals surface area contributed by atoms with Crippen molar-refractivity contribution < 1.29 is 19.1 Å². The van der Waals surface area contributed by atoms with E-state index in [0.29, 0.717) is 41.8 Å². The quantitative estimate of drug-likeness (QED) is 0.341. The second-order valence-corrected chi connectivity index (χ2v) is 14.9. The van der Waals surface area contributed by atoms with Crippen molar-refractivity contribution in [3.05, 3.63) is 0 Å². The van der Waals surface area contributed by atoms with E-state index in [1.54, 1.807) is 0 Å². The first-order chi connectivity index (χ1) is 18.3. The Bertz CT molecular complexity index is 902. The van der Waals surface area contributed by atoms with Crippen molar-refractivity contribution in [3.63, 3.8) is 0 Å². The van der Waals surface area contributed by atoms with Crippen molar-refractivity contribution in [1.29, 1.82) is 0 Å². The first-order valence-corrected chi connectivity index (χ1v) is 16.0. The maximum atomic E-state index is 13.3. The standard InChI is InChI=1S/C33H56N2O4/c1-21(2)19-29(34-30(37)9-8-18-35(6)7)31(38)39-24-14-16-32(4)23(20-24)10-11-25-27-13-12-26(22(3)36)33(27,5)17-15-28(25)32/h21,23-29H,8-20H2,1-7H3,(H,34,37)/t23-,24+,25-,26+,27-,28-,29-,32-,33+/m0/s1. The smallest absolute Gasteiger partial charge is 0.328 e. The summed E-state index contributed by atoms with van der Waals surface area (Å²) in [5, 5.41) is 2.99. The molecule has 222 valence electrons. The van der Waals surface area contributed by atoms with Gasteiger partial charge in [0.05, 0.1) is 0 Å². The van der Waals surface area contributed by atoms with Crippen molar-refractivity contribution in [2.75, 3.05) is 20.6 Å². The van der Waals surface area contributed by atoms with Crippen molar-refractivity contribution in [1.82, 2.24) is 10.2 Å². The molecule has 0 bridgehead atoms. The van der Waals surface area contributed by atoms with Crippen LogP contribution in [0.2, 0.25) is 0 Å². The molecule has 39 heavy (non-hydrogen) atoms. The molecule has 0 aliphatic heterocycles. The molecule has 4 fully saturated rings. The van der Waals surface area contributed by atoms with Crippen molar-refractivity contribution in [3.8, 4) is 0 Å². The zero-order valence-corrected chi connectivity index (χ0v) is 25.9. The number of nitrogens with one attached hydrogen (secondary N) is 1. The van der Waals surface area contributed by atoms with Gasteiger partial charge in [0.15, 0.2) is 0 Å². The Labute approximate surface area is 237 Å². The molecular weight excluding hydrogens is 488 g/mol. The highest BCUT2D eigenvalue weighted by molar-refractivity contribution is 5.84. The Morgan fingerprint density at radius 1 is 0.949 bits per heavy atom. The summed E-state index contributed by atoms with van der Waals surface area (Å²) in [6.07, 6.45) is 12.0. The molecule has 1 amide bonds. The monoisotopic (exact) mass is 544 g/mol. The number of rotatable bonds is 10. The van der Waals surface area contributed by atoms with Gasteiger partial charge in [-0.3, -0.25) is 9.59 Å². The SMILES string of the molecule is CC(=O)[C@H]1CC[C@H]2[C@@H]3CC[C@H]4C[C@H](OC(=O)[C@H](CC(C)C)NC(=O)CCCN(C)C)CC[C@]4(C)[C@H]3CC[C@]12C. The highest BCUT2D eigenvalue weighted by atomic mass is 16.5. The molecule has 0 heterocycles. The topological polar surface area (TPSA) is 75.7 Å². The zero-order valence-electron chi connectivity index (χ0n) is 25.9. The first kappa shape index (κ1) is 30.5. The molecule has 9 atom stereocenters. The summed E-state index contributed by atoms with van der Waals surface area (Å²) in [5.74, 6) is 3.40. The Balaban J connectivity index is 1.35. The normalized spacial score (nSPS) is 38.5. The molecule has 4 saturated carbocycles. The zero-order chi connectivity index (χ0) is 28.5. The number of Topliss-reactive ketones (excluding diaryl/α,β-unsaturated/α-hetero) is 1. The van der Waals surface area contributed by atoms with Crippen LogP contribution in [0, 0.1) is 46.3 Å². The number of carbonyl (C=O) groups is 3. The molecule has 1 N–H and O–H groups in total.